The molecule has 0 aliphatic heterocycles. The van der Waals surface area contributed by atoms with Gasteiger partial charge in [0.05, 0.1) is 5.69 Å². The number of hydrogen-bond donors (Lipinski definition) is 0. The summed E-state index contributed by atoms with van der Waals surface area (Å²) in [5, 5.41) is 8.16. The zero-order chi connectivity index (χ0) is 9.64. The molecular weight excluding hydrogens is 174 g/mol. The van der Waals surface area contributed by atoms with Crippen LogP contribution in [0.25, 0.3) is 0 Å². The molecule has 0 aliphatic carbocycles. The Kier molecular flexibility index (Phi) is 2.71. The summed E-state index contributed by atoms with van der Waals surface area (Å²) in [6.07, 6.45) is 3.92. The Hall–Kier alpha value is -1.90. The van der Waals surface area contributed by atoms with Crippen LogP contribution in [0.3, 0.4) is 0 Å². The first-order valence-corrected chi connectivity index (χ1v) is 4.48. The second-order valence-electron chi connectivity index (χ2n) is 2.92. The highest BCUT2D eigenvalue weighted by Crippen LogP contribution is 2.10. The molecule has 0 atom stereocenters. The Balaban J connectivity index is 1.96. The van der Waals surface area contributed by atoms with Gasteiger partial charge in [-0.15, -0.1) is 0 Å². The predicted molar refractivity (Wildman–Crippen MR) is 55.4 cm³/mol. The van der Waals surface area contributed by atoms with Crippen molar-refractivity contribution in [2.75, 3.05) is 0 Å². The molecule has 0 unspecified atom stereocenters. The molecule has 0 bridgehead atoms. The highest BCUT2D eigenvalue weighted by Gasteiger charge is 1.85. The van der Waals surface area contributed by atoms with Crippen LogP contribution in [-0.4, -0.2) is 4.57 Å². The maximum atomic E-state index is 4.09. The summed E-state index contributed by atoms with van der Waals surface area (Å²) in [7, 11) is 0. The molecule has 1 aromatic heterocycles. The van der Waals surface area contributed by atoms with Crippen molar-refractivity contribution < 1.29 is 0 Å². The van der Waals surface area contributed by atoms with E-state index in [4.69, 9.17) is 0 Å². The zero-order valence-corrected chi connectivity index (χ0v) is 7.74. The smallest absolute Gasteiger partial charge is 0.135 e. The van der Waals surface area contributed by atoms with Crippen LogP contribution in [0.4, 0.5) is 5.69 Å². The van der Waals surface area contributed by atoms with E-state index in [1.165, 1.54) is 0 Å². The summed E-state index contributed by atoms with van der Waals surface area (Å²) < 4.78 is 1.96. The molecule has 0 aliphatic rings. The van der Waals surface area contributed by atoms with E-state index in [-0.39, 0.29) is 0 Å². The molecule has 3 nitrogen and oxygen atoms in total. The molecule has 0 saturated heterocycles. The third kappa shape index (κ3) is 2.29. The number of hydrogen-bond acceptors (Lipinski definition) is 2. The average Bonchev–Trinajstić information content (AvgIpc) is 2.72. The molecule has 0 spiro atoms. The van der Waals surface area contributed by atoms with Gasteiger partial charge >= 0.3 is 0 Å². The Labute approximate surface area is 82.7 Å². The first-order valence-electron chi connectivity index (χ1n) is 4.48. The third-order valence-corrected chi connectivity index (χ3v) is 1.84. The highest BCUT2D eigenvalue weighted by molar-refractivity contribution is 5.34. The Bertz CT molecular complexity index is 390. The quantitative estimate of drug-likeness (QED) is 0.657. The minimum atomic E-state index is 0.571. The van der Waals surface area contributed by atoms with Gasteiger partial charge in [0.25, 0.3) is 0 Å². The lowest BCUT2D eigenvalue weighted by atomic mass is 10.3. The van der Waals surface area contributed by atoms with Crippen molar-refractivity contribution >= 4 is 5.69 Å². The maximum absolute atomic E-state index is 4.09. The lowest BCUT2D eigenvalue weighted by Gasteiger charge is -1.94. The van der Waals surface area contributed by atoms with E-state index in [9.17, 15) is 0 Å². The summed E-state index contributed by atoms with van der Waals surface area (Å²) in [5.74, 6) is 0. The van der Waals surface area contributed by atoms with Crippen LogP contribution in [0.15, 0.2) is 65.1 Å². The molecule has 0 amide bonds. The van der Waals surface area contributed by atoms with Gasteiger partial charge in [-0.1, -0.05) is 18.2 Å². The van der Waals surface area contributed by atoms with Crippen LogP contribution < -0.4 is 0 Å². The predicted octanol–water partition coefficient (Wildman–Crippen LogP) is 3.23. The van der Waals surface area contributed by atoms with Crippen LogP contribution in [0.2, 0.25) is 0 Å². The molecule has 14 heavy (non-hydrogen) atoms. The molecule has 2 aromatic rings. The van der Waals surface area contributed by atoms with E-state index in [2.05, 4.69) is 10.2 Å². The van der Waals surface area contributed by atoms with Crippen molar-refractivity contribution in [3.8, 4) is 0 Å². The number of nitrogens with zero attached hydrogens (tertiary/aromatic N) is 3. The molecule has 70 valence electrons. The van der Waals surface area contributed by atoms with Gasteiger partial charge in [0.1, 0.15) is 6.67 Å². The van der Waals surface area contributed by atoms with Gasteiger partial charge in [-0.3, -0.25) is 0 Å². The Morgan fingerprint density at radius 2 is 1.64 bits per heavy atom. The molecule has 3 heteroatoms. The minimum Gasteiger partial charge on any atom is -0.333 e. The van der Waals surface area contributed by atoms with Gasteiger partial charge in [-0.05, 0) is 24.3 Å². The first kappa shape index (κ1) is 8.69. The fourth-order valence-corrected chi connectivity index (χ4v) is 1.15. The van der Waals surface area contributed by atoms with E-state index in [1.807, 2.05) is 59.4 Å². The molecule has 1 aromatic carbocycles. The van der Waals surface area contributed by atoms with Crippen molar-refractivity contribution in [2.45, 2.75) is 6.67 Å². The maximum Gasteiger partial charge on any atom is 0.135 e. The normalized spacial score (nSPS) is 10.9. The van der Waals surface area contributed by atoms with Crippen molar-refractivity contribution in [1.29, 1.82) is 0 Å². The molecule has 0 radical (unpaired) electrons. The summed E-state index contributed by atoms with van der Waals surface area (Å²) in [6.45, 7) is 0.571. The van der Waals surface area contributed by atoms with Gasteiger partial charge in [0, 0.05) is 12.4 Å². The molecule has 2 rings (SSSR count). The van der Waals surface area contributed by atoms with Gasteiger partial charge in [0.2, 0.25) is 0 Å². The third-order valence-electron chi connectivity index (χ3n) is 1.84. The summed E-state index contributed by atoms with van der Waals surface area (Å²) in [4.78, 5) is 0. The van der Waals surface area contributed by atoms with Crippen LogP contribution in [-0.2, 0) is 6.67 Å². The van der Waals surface area contributed by atoms with Crippen molar-refractivity contribution in [1.82, 2.24) is 4.57 Å². The molecule has 0 N–H and O–H groups in total. The molecule has 0 fully saturated rings. The van der Waals surface area contributed by atoms with Crippen molar-refractivity contribution in [3.05, 3.63) is 54.9 Å². The van der Waals surface area contributed by atoms with Gasteiger partial charge in [-0.25, -0.2) is 0 Å². The lowest BCUT2D eigenvalue weighted by molar-refractivity contribution is 0.705. The topological polar surface area (TPSA) is 29.6 Å². The number of azo groups is 1. The van der Waals surface area contributed by atoms with E-state index in [0.29, 0.717) is 6.67 Å². The van der Waals surface area contributed by atoms with E-state index < -0.39 is 0 Å². The fourth-order valence-electron chi connectivity index (χ4n) is 1.15. The standard InChI is InChI=1S/C11H11N3/c1-2-6-11(7-3-1)13-12-10-14-8-4-5-9-14/h1-9H,10H2. The van der Waals surface area contributed by atoms with Gasteiger partial charge in [-0.2, -0.15) is 10.2 Å². The zero-order valence-electron chi connectivity index (χ0n) is 7.74. The summed E-state index contributed by atoms with van der Waals surface area (Å²) in [5.41, 5.74) is 0.889. The molecule has 0 saturated carbocycles. The first-order chi connectivity index (χ1) is 6.95. The van der Waals surface area contributed by atoms with E-state index in [1.54, 1.807) is 0 Å². The van der Waals surface area contributed by atoms with Crippen LogP contribution in [0.1, 0.15) is 0 Å². The molecule has 1 heterocycles. The fraction of sp³-hybridized carbons (Fsp3) is 0.0909. The minimum absolute atomic E-state index is 0.571. The number of benzene rings is 1. The second-order valence-corrected chi connectivity index (χ2v) is 2.92. The monoisotopic (exact) mass is 185 g/mol. The SMILES string of the molecule is c1ccc(N=NCn2cccc2)cc1. The van der Waals surface area contributed by atoms with Crippen molar-refractivity contribution in [3.63, 3.8) is 0 Å². The van der Waals surface area contributed by atoms with Crippen LogP contribution in [0.5, 0.6) is 0 Å². The number of rotatable bonds is 3. The average molecular weight is 185 g/mol. The summed E-state index contributed by atoms with van der Waals surface area (Å²) >= 11 is 0. The van der Waals surface area contributed by atoms with Crippen LogP contribution >= 0.6 is 0 Å². The van der Waals surface area contributed by atoms with Crippen LogP contribution in [0, 0.1) is 0 Å². The Morgan fingerprint density at radius 1 is 0.929 bits per heavy atom. The largest absolute Gasteiger partial charge is 0.333 e. The number of aromatic nitrogens is 1. The van der Waals surface area contributed by atoms with Crippen molar-refractivity contribution in [2.24, 2.45) is 10.2 Å². The van der Waals surface area contributed by atoms with Gasteiger partial charge in [0.15, 0.2) is 0 Å². The molecular formula is C11H11N3. The summed E-state index contributed by atoms with van der Waals surface area (Å²) in [6, 6.07) is 13.7. The van der Waals surface area contributed by atoms with Gasteiger partial charge < -0.3 is 4.57 Å². The van der Waals surface area contributed by atoms with E-state index in [0.717, 1.165) is 5.69 Å². The Morgan fingerprint density at radius 3 is 2.36 bits per heavy atom. The highest BCUT2D eigenvalue weighted by atomic mass is 15.2. The second kappa shape index (κ2) is 4.37. The van der Waals surface area contributed by atoms with E-state index >= 15 is 0 Å². The lowest BCUT2D eigenvalue weighted by Crippen LogP contribution is -1.87.